The molecule has 116 valence electrons. The number of esters is 1. The van der Waals surface area contributed by atoms with Crippen LogP contribution in [0.3, 0.4) is 0 Å². The van der Waals surface area contributed by atoms with Gasteiger partial charge in [-0.2, -0.15) is 8.78 Å². The second kappa shape index (κ2) is 7.64. The Kier molecular flexibility index (Phi) is 5.58. The molecule has 1 aromatic carbocycles. The molecule has 0 aliphatic heterocycles. The van der Waals surface area contributed by atoms with E-state index in [4.69, 9.17) is 4.74 Å². The summed E-state index contributed by atoms with van der Waals surface area (Å²) in [4.78, 5) is 16.1. The van der Waals surface area contributed by atoms with Crippen molar-refractivity contribution >= 4 is 16.9 Å². The highest BCUT2D eigenvalue weighted by molar-refractivity contribution is 5.93. The smallest absolute Gasteiger partial charge is 0.339 e. The molecule has 0 spiro atoms. The van der Waals surface area contributed by atoms with Crippen LogP contribution in [-0.2, 0) is 4.74 Å². The Bertz CT molecular complexity index is 694. The van der Waals surface area contributed by atoms with Crippen LogP contribution in [0.15, 0.2) is 48.2 Å². The molecule has 0 fully saturated rings. The first-order valence-corrected chi connectivity index (χ1v) is 7.10. The normalized spacial score (nSPS) is 10.5. The summed E-state index contributed by atoms with van der Waals surface area (Å²) in [7, 11) is 0. The van der Waals surface area contributed by atoms with E-state index in [2.05, 4.69) is 4.98 Å². The first-order chi connectivity index (χ1) is 10.6. The maximum Gasteiger partial charge on any atom is 0.339 e. The monoisotopic (exact) mass is 305 g/mol. The Labute approximate surface area is 127 Å². The largest absolute Gasteiger partial charge is 0.462 e. The van der Waals surface area contributed by atoms with Gasteiger partial charge in [0, 0.05) is 11.6 Å². The van der Waals surface area contributed by atoms with Crippen molar-refractivity contribution in [3.8, 4) is 0 Å². The number of ether oxygens (including phenoxy) is 1. The lowest BCUT2D eigenvalue weighted by atomic mass is 10.1. The number of nitrogens with zero attached hydrogens (tertiary/aromatic N) is 1. The third kappa shape index (κ3) is 4.35. The predicted molar refractivity (Wildman–Crippen MR) is 80.8 cm³/mol. The van der Waals surface area contributed by atoms with Gasteiger partial charge in [0.05, 0.1) is 17.7 Å². The molecule has 2 aromatic rings. The summed E-state index contributed by atoms with van der Waals surface area (Å²) in [6.07, 6.45) is 1.29. The number of rotatable bonds is 6. The van der Waals surface area contributed by atoms with E-state index < -0.39 is 12.0 Å². The van der Waals surface area contributed by atoms with E-state index in [9.17, 15) is 13.6 Å². The van der Waals surface area contributed by atoms with Crippen LogP contribution in [0, 0.1) is 0 Å². The number of unbranched alkanes of at least 4 members (excludes halogenated alkanes) is 1. The van der Waals surface area contributed by atoms with Gasteiger partial charge in [0.1, 0.15) is 0 Å². The second-order valence-corrected chi connectivity index (χ2v) is 5.05. The van der Waals surface area contributed by atoms with E-state index in [0.717, 1.165) is 10.9 Å². The fourth-order valence-corrected chi connectivity index (χ4v) is 2.02. The number of allylic oxidation sites excluding steroid dienone is 1. The summed E-state index contributed by atoms with van der Waals surface area (Å²) in [5.41, 5.74) is 1.30. The van der Waals surface area contributed by atoms with Crippen LogP contribution >= 0.6 is 0 Å². The van der Waals surface area contributed by atoms with Crippen molar-refractivity contribution in [1.29, 1.82) is 0 Å². The number of hydrogen-bond acceptors (Lipinski definition) is 3. The van der Waals surface area contributed by atoms with Crippen molar-refractivity contribution in [2.24, 2.45) is 0 Å². The Morgan fingerprint density at radius 3 is 2.77 bits per heavy atom. The second-order valence-electron chi connectivity index (χ2n) is 5.05. The molecule has 1 aromatic heterocycles. The fourth-order valence-electron chi connectivity index (χ4n) is 2.02. The molecule has 0 amide bonds. The molecule has 0 aliphatic carbocycles. The number of carbonyl (C=O) groups is 1. The molecule has 0 saturated carbocycles. The highest BCUT2D eigenvalue weighted by atomic mass is 19.3. The van der Waals surface area contributed by atoms with Crippen molar-refractivity contribution < 1.29 is 18.3 Å². The van der Waals surface area contributed by atoms with Crippen LogP contribution in [-0.4, -0.2) is 17.6 Å². The van der Waals surface area contributed by atoms with Gasteiger partial charge in [-0.15, -0.1) is 0 Å². The molecule has 3 nitrogen and oxygen atoms in total. The summed E-state index contributed by atoms with van der Waals surface area (Å²) in [5, 5.41) is 0.871. The number of halogens is 2. The average molecular weight is 305 g/mol. The van der Waals surface area contributed by atoms with Gasteiger partial charge in [0.15, 0.2) is 0 Å². The zero-order valence-corrected chi connectivity index (χ0v) is 12.3. The lowest BCUT2D eigenvalue weighted by molar-refractivity contribution is 0.0498. The molecule has 0 unspecified atom stereocenters. The molecular formula is C17H17F2NO2. The number of benzene rings is 1. The molecule has 0 saturated heterocycles. The zero-order chi connectivity index (χ0) is 15.9. The van der Waals surface area contributed by atoms with Gasteiger partial charge in [0.2, 0.25) is 0 Å². The lowest BCUT2D eigenvalue weighted by Crippen LogP contribution is -2.07. The summed E-state index contributed by atoms with van der Waals surface area (Å²) in [6, 6.07) is 9.23. The molecule has 1 heterocycles. The molecule has 0 radical (unpaired) electrons. The standard InChI is InChI=1S/C17H17F2NO2/c1-12(16(18)19)6-4-5-9-22-17(21)14-10-13-7-2-3-8-15(13)20-11-14/h2-3,7-8,10-11H,4-6,9H2,1H3. The van der Waals surface area contributed by atoms with E-state index in [1.807, 2.05) is 24.3 Å². The molecule has 22 heavy (non-hydrogen) atoms. The lowest BCUT2D eigenvalue weighted by Gasteiger charge is -2.05. The van der Waals surface area contributed by atoms with E-state index in [1.54, 1.807) is 6.07 Å². The summed E-state index contributed by atoms with van der Waals surface area (Å²) in [6.45, 7) is 1.62. The Balaban J connectivity index is 1.83. The molecule has 0 bridgehead atoms. The summed E-state index contributed by atoms with van der Waals surface area (Å²) >= 11 is 0. The number of pyridine rings is 1. The topological polar surface area (TPSA) is 39.2 Å². The van der Waals surface area contributed by atoms with Crippen molar-refractivity contribution in [3.05, 3.63) is 53.7 Å². The van der Waals surface area contributed by atoms with Crippen LogP contribution in [0.1, 0.15) is 36.5 Å². The van der Waals surface area contributed by atoms with Gasteiger partial charge in [-0.25, -0.2) is 4.79 Å². The van der Waals surface area contributed by atoms with Gasteiger partial charge < -0.3 is 4.74 Å². The van der Waals surface area contributed by atoms with E-state index in [0.29, 0.717) is 24.8 Å². The van der Waals surface area contributed by atoms with Gasteiger partial charge >= 0.3 is 5.97 Å². The van der Waals surface area contributed by atoms with Crippen molar-refractivity contribution in [3.63, 3.8) is 0 Å². The SMILES string of the molecule is CC(CCCCOC(=O)c1cnc2ccccc2c1)=C(F)F. The third-order valence-electron chi connectivity index (χ3n) is 3.33. The van der Waals surface area contributed by atoms with E-state index in [1.165, 1.54) is 13.1 Å². The third-order valence-corrected chi connectivity index (χ3v) is 3.33. The van der Waals surface area contributed by atoms with Crippen molar-refractivity contribution in [1.82, 2.24) is 4.98 Å². The van der Waals surface area contributed by atoms with Gasteiger partial charge in [-0.05, 0) is 43.9 Å². The van der Waals surface area contributed by atoms with Gasteiger partial charge in [0.25, 0.3) is 6.08 Å². The predicted octanol–water partition coefficient (Wildman–Crippen LogP) is 4.73. The zero-order valence-electron chi connectivity index (χ0n) is 12.3. The minimum atomic E-state index is -1.63. The van der Waals surface area contributed by atoms with Crippen LogP contribution in [0.4, 0.5) is 8.78 Å². The number of aromatic nitrogens is 1. The first kappa shape index (κ1) is 16.1. The van der Waals surface area contributed by atoms with Crippen LogP contribution in [0.2, 0.25) is 0 Å². The number of para-hydroxylation sites is 1. The van der Waals surface area contributed by atoms with Crippen LogP contribution in [0.5, 0.6) is 0 Å². The average Bonchev–Trinajstić information content (AvgIpc) is 2.53. The highest BCUT2D eigenvalue weighted by Gasteiger charge is 2.08. The number of hydrogen-bond donors (Lipinski definition) is 0. The molecule has 5 heteroatoms. The molecule has 0 N–H and O–H groups in total. The van der Waals surface area contributed by atoms with Crippen molar-refractivity contribution in [2.75, 3.05) is 6.61 Å². The quantitative estimate of drug-likeness (QED) is 0.572. The Morgan fingerprint density at radius 2 is 2.00 bits per heavy atom. The molecule has 2 rings (SSSR count). The maximum absolute atomic E-state index is 12.2. The minimum Gasteiger partial charge on any atom is -0.462 e. The number of carbonyl (C=O) groups excluding carboxylic acids is 1. The van der Waals surface area contributed by atoms with Crippen molar-refractivity contribution in [2.45, 2.75) is 26.2 Å². The van der Waals surface area contributed by atoms with Gasteiger partial charge in [-0.3, -0.25) is 4.98 Å². The molecule has 0 aliphatic rings. The van der Waals surface area contributed by atoms with Crippen LogP contribution in [0.25, 0.3) is 10.9 Å². The Hall–Kier alpha value is -2.30. The highest BCUT2D eigenvalue weighted by Crippen LogP contribution is 2.15. The molecule has 0 atom stereocenters. The van der Waals surface area contributed by atoms with Gasteiger partial charge in [-0.1, -0.05) is 18.2 Å². The van der Waals surface area contributed by atoms with E-state index >= 15 is 0 Å². The maximum atomic E-state index is 12.2. The first-order valence-electron chi connectivity index (χ1n) is 7.10. The Morgan fingerprint density at radius 1 is 1.23 bits per heavy atom. The minimum absolute atomic E-state index is 0.0880. The fraction of sp³-hybridized carbons (Fsp3) is 0.294. The summed E-state index contributed by atoms with van der Waals surface area (Å²) < 4.78 is 29.5. The van der Waals surface area contributed by atoms with E-state index in [-0.39, 0.29) is 12.2 Å². The van der Waals surface area contributed by atoms with Crippen LogP contribution < -0.4 is 0 Å². The summed E-state index contributed by atoms with van der Waals surface area (Å²) in [5.74, 6) is -0.442. The molecular weight excluding hydrogens is 288 g/mol. The number of fused-ring (bicyclic) bond motifs is 1.